The van der Waals surface area contributed by atoms with E-state index in [1.165, 1.54) is 11.1 Å². The number of amides is 1. The Balaban J connectivity index is 1.57. The van der Waals surface area contributed by atoms with Crippen molar-refractivity contribution < 1.29 is 14.3 Å². The van der Waals surface area contributed by atoms with Gasteiger partial charge in [0.05, 0.1) is 12.7 Å². The molecule has 2 aliphatic rings. The first-order chi connectivity index (χ1) is 11.3. The highest BCUT2D eigenvalue weighted by Crippen LogP contribution is 2.38. The van der Waals surface area contributed by atoms with E-state index in [1.54, 1.807) is 0 Å². The van der Waals surface area contributed by atoms with Gasteiger partial charge in [0.25, 0.3) is 0 Å². The van der Waals surface area contributed by atoms with E-state index in [2.05, 4.69) is 31.2 Å². The highest BCUT2D eigenvalue weighted by molar-refractivity contribution is 5.69. The molecule has 0 aromatic heterocycles. The predicted molar refractivity (Wildman–Crippen MR) is 93.9 cm³/mol. The Bertz CT molecular complexity index is 579. The summed E-state index contributed by atoms with van der Waals surface area (Å²) >= 11 is 0. The van der Waals surface area contributed by atoms with Crippen molar-refractivity contribution in [2.24, 2.45) is 0 Å². The number of piperidine rings is 1. The van der Waals surface area contributed by atoms with E-state index < -0.39 is 5.60 Å². The third-order valence-electron chi connectivity index (χ3n) is 5.03. The number of rotatable bonds is 3. The fourth-order valence-corrected chi connectivity index (χ4v) is 3.86. The molecule has 2 bridgehead atoms. The molecule has 24 heavy (non-hydrogen) atoms. The highest BCUT2D eigenvalue weighted by Gasteiger charge is 2.45. The molecule has 0 saturated carbocycles. The summed E-state index contributed by atoms with van der Waals surface area (Å²) in [4.78, 5) is 14.4. The summed E-state index contributed by atoms with van der Waals surface area (Å²) in [6.45, 7) is 8.54. The number of nitrogens with zero attached hydrogens (tertiary/aromatic N) is 1. The number of hydrogen-bond acceptors (Lipinski definition) is 3. The summed E-state index contributed by atoms with van der Waals surface area (Å²) in [5.74, 6) is 0. The van der Waals surface area contributed by atoms with Gasteiger partial charge in [0.1, 0.15) is 5.60 Å². The molecule has 4 nitrogen and oxygen atoms in total. The molecule has 1 aromatic rings. The van der Waals surface area contributed by atoms with Gasteiger partial charge in [0.15, 0.2) is 0 Å². The Kier molecular flexibility index (Phi) is 4.86. The summed E-state index contributed by atoms with van der Waals surface area (Å²) in [5.41, 5.74) is 2.08. The maximum Gasteiger partial charge on any atom is 0.410 e. The van der Waals surface area contributed by atoms with Gasteiger partial charge in [0.2, 0.25) is 0 Å². The number of ether oxygens (including phenoxy) is 2. The van der Waals surface area contributed by atoms with Crippen LogP contribution in [0.15, 0.2) is 24.3 Å². The van der Waals surface area contributed by atoms with Crippen molar-refractivity contribution in [2.45, 2.75) is 83.8 Å². The minimum atomic E-state index is -0.436. The van der Waals surface area contributed by atoms with Crippen LogP contribution in [0.4, 0.5) is 4.79 Å². The van der Waals surface area contributed by atoms with Gasteiger partial charge >= 0.3 is 6.09 Å². The van der Waals surface area contributed by atoms with Crippen LogP contribution in [0.3, 0.4) is 0 Å². The molecule has 2 saturated heterocycles. The quantitative estimate of drug-likeness (QED) is 0.822. The minimum Gasteiger partial charge on any atom is -0.444 e. The van der Waals surface area contributed by atoms with Crippen LogP contribution in [0.5, 0.6) is 0 Å². The lowest BCUT2D eigenvalue weighted by atomic mass is 10.00. The van der Waals surface area contributed by atoms with E-state index in [9.17, 15) is 4.79 Å². The third-order valence-corrected chi connectivity index (χ3v) is 5.03. The van der Waals surface area contributed by atoms with E-state index in [0.717, 1.165) is 25.7 Å². The summed E-state index contributed by atoms with van der Waals surface area (Å²) < 4.78 is 11.8. The van der Waals surface area contributed by atoms with Crippen molar-refractivity contribution in [1.29, 1.82) is 0 Å². The molecular weight excluding hydrogens is 302 g/mol. The zero-order valence-electron chi connectivity index (χ0n) is 15.2. The van der Waals surface area contributed by atoms with E-state index in [4.69, 9.17) is 9.47 Å². The highest BCUT2D eigenvalue weighted by atomic mass is 16.6. The first-order valence-electron chi connectivity index (χ1n) is 9.01. The summed E-state index contributed by atoms with van der Waals surface area (Å²) in [7, 11) is 0. The van der Waals surface area contributed by atoms with E-state index in [1.807, 2.05) is 25.7 Å². The lowest BCUT2D eigenvalue weighted by molar-refractivity contribution is -0.0397. The van der Waals surface area contributed by atoms with Gasteiger partial charge in [-0.2, -0.15) is 0 Å². The second-order valence-corrected chi connectivity index (χ2v) is 8.10. The van der Waals surface area contributed by atoms with E-state index in [0.29, 0.717) is 6.61 Å². The topological polar surface area (TPSA) is 38.8 Å². The van der Waals surface area contributed by atoms with Crippen LogP contribution in [0.2, 0.25) is 0 Å². The molecule has 132 valence electrons. The molecule has 4 heteroatoms. The minimum absolute atomic E-state index is 0.160. The average Bonchev–Trinajstić information content (AvgIpc) is 2.76. The number of benzene rings is 1. The van der Waals surface area contributed by atoms with Crippen molar-refractivity contribution in [3.8, 4) is 0 Å². The summed E-state index contributed by atoms with van der Waals surface area (Å²) in [6, 6.07) is 8.88. The van der Waals surface area contributed by atoms with Crippen LogP contribution in [-0.2, 0) is 16.1 Å². The van der Waals surface area contributed by atoms with Gasteiger partial charge in [-0.3, -0.25) is 0 Å². The Morgan fingerprint density at radius 2 is 1.79 bits per heavy atom. The van der Waals surface area contributed by atoms with Crippen LogP contribution >= 0.6 is 0 Å². The predicted octanol–water partition coefficient (Wildman–Crippen LogP) is 4.44. The maximum absolute atomic E-state index is 12.5. The maximum atomic E-state index is 12.5. The number of hydrogen-bond donors (Lipinski definition) is 0. The fraction of sp³-hybridized carbons (Fsp3) is 0.650. The van der Waals surface area contributed by atoms with Crippen LogP contribution in [0.1, 0.15) is 57.6 Å². The van der Waals surface area contributed by atoms with Crippen molar-refractivity contribution in [3.63, 3.8) is 0 Å². The normalized spacial score (nSPS) is 26.5. The van der Waals surface area contributed by atoms with Gasteiger partial charge in [-0.05, 0) is 64.5 Å². The van der Waals surface area contributed by atoms with Crippen molar-refractivity contribution in [2.75, 3.05) is 0 Å². The SMILES string of the molecule is Cc1ccccc1CO[C@@H]1C[C@H]2CC[C@@H](C1)N2C(=O)OC(C)(C)C. The molecule has 0 radical (unpaired) electrons. The van der Waals surface area contributed by atoms with Crippen LogP contribution in [-0.4, -0.2) is 34.8 Å². The molecule has 0 unspecified atom stereocenters. The number of carbonyl (C=O) groups excluding carboxylic acids is 1. The first kappa shape index (κ1) is 17.3. The van der Waals surface area contributed by atoms with Crippen LogP contribution in [0.25, 0.3) is 0 Å². The molecule has 0 spiro atoms. The fourth-order valence-electron chi connectivity index (χ4n) is 3.86. The molecule has 0 N–H and O–H groups in total. The average molecular weight is 331 g/mol. The van der Waals surface area contributed by atoms with Gasteiger partial charge in [-0.15, -0.1) is 0 Å². The second-order valence-electron chi connectivity index (χ2n) is 8.10. The Labute approximate surface area is 145 Å². The van der Waals surface area contributed by atoms with Crippen molar-refractivity contribution in [3.05, 3.63) is 35.4 Å². The lowest BCUT2D eigenvalue weighted by Gasteiger charge is -2.39. The van der Waals surface area contributed by atoms with Gasteiger partial charge < -0.3 is 14.4 Å². The molecule has 3 atom stereocenters. The van der Waals surface area contributed by atoms with Gasteiger partial charge in [-0.25, -0.2) is 4.79 Å². The zero-order valence-corrected chi connectivity index (χ0v) is 15.2. The summed E-state index contributed by atoms with van der Waals surface area (Å²) in [5, 5.41) is 0. The Morgan fingerprint density at radius 3 is 2.38 bits per heavy atom. The zero-order chi connectivity index (χ0) is 17.3. The van der Waals surface area contributed by atoms with Crippen molar-refractivity contribution >= 4 is 6.09 Å². The van der Waals surface area contributed by atoms with E-state index >= 15 is 0 Å². The molecule has 1 aromatic carbocycles. The summed E-state index contributed by atoms with van der Waals surface area (Å²) in [6.07, 6.45) is 4.04. The van der Waals surface area contributed by atoms with Crippen LogP contribution in [0, 0.1) is 6.92 Å². The van der Waals surface area contributed by atoms with Crippen LogP contribution < -0.4 is 0 Å². The monoisotopic (exact) mass is 331 g/mol. The third kappa shape index (κ3) is 3.92. The molecular formula is C20H29NO3. The smallest absolute Gasteiger partial charge is 0.410 e. The molecule has 2 heterocycles. The number of carbonyl (C=O) groups is 1. The number of fused-ring (bicyclic) bond motifs is 2. The van der Waals surface area contributed by atoms with Crippen molar-refractivity contribution in [1.82, 2.24) is 4.90 Å². The lowest BCUT2D eigenvalue weighted by Crippen LogP contribution is -2.50. The molecule has 1 amide bonds. The van der Waals surface area contributed by atoms with Gasteiger partial charge in [0, 0.05) is 12.1 Å². The Hall–Kier alpha value is -1.55. The second kappa shape index (κ2) is 6.75. The molecule has 2 aliphatic heterocycles. The van der Waals surface area contributed by atoms with Gasteiger partial charge in [-0.1, -0.05) is 24.3 Å². The standard InChI is InChI=1S/C20H29NO3/c1-14-7-5-6-8-15(14)13-23-18-11-16-9-10-17(12-18)21(16)19(22)24-20(2,3)4/h5-8,16-18H,9-13H2,1-4H3/t16-,17+,18-. The van der Waals surface area contributed by atoms with E-state index in [-0.39, 0.29) is 24.3 Å². The largest absolute Gasteiger partial charge is 0.444 e. The molecule has 2 fully saturated rings. The molecule has 3 rings (SSSR count). The first-order valence-corrected chi connectivity index (χ1v) is 9.01. The molecule has 0 aliphatic carbocycles. The number of aryl methyl sites for hydroxylation is 1. The Morgan fingerprint density at radius 1 is 1.17 bits per heavy atom.